The van der Waals surface area contributed by atoms with Gasteiger partial charge in [0.15, 0.2) is 6.10 Å². The number of aliphatic hydroxyl groups is 5. The van der Waals surface area contributed by atoms with Crippen molar-refractivity contribution in [3.8, 4) is 5.75 Å². The molecule has 2 aliphatic heterocycles. The minimum absolute atomic E-state index is 0.0387. The fraction of sp³-hybridized carbons (Fsp3) is 0.533. The zero-order valence-electron chi connectivity index (χ0n) is 23.0. The van der Waals surface area contributed by atoms with Crippen LogP contribution in [0.1, 0.15) is 25.3 Å². The van der Waals surface area contributed by atoms with Crippen LogP contribution in [0.2, 0.25) is 0 Å². The van der Waals surface area contributed by atoms with Crippen LogP contribution >= 0.6 is 0 Å². The Bertz CT molecular complexity index is 1270. The van der Waals surface area contributed by atoms with Crippen LogP contribution in [0, 0.1) is 17.8 Å². The number of phenols is 1. The topological polar surface area (TPSA) is 192 Å². The van der Waals surface area contributed by atoms with Gasteiger partial charge in [0.25, 0.3) is 0 Å². The number of benzene rings is 1. The lowest BCUT2D eigenvalue weighted by molar-refractivity contribution is -0.292. The van der Waals surface area contributed by atoms with Gasteiger partial charge in [0.2, 0.25) is 6.29 Å². The molecule has 2 heterocycles. The van der Waals surface area contributed by atoms with Gasteiger partial charge in [-0.25, -0.2) is 9.59 Å². The molecule has 1 unspecified atom stereocenters. The molecule has 3 fully saturated rings. The summed E-state index contributed by atoms with van der Waals surface area (Å²) in [5, 5.41) is 60.3. The average molecular weight is 589 g/mol. The number of ether oxygens (including phenoxy) is 4. The first-order chi connectivity index (χ1) is 19.9. The second kappa shape index (κ2) is 11.8. The summed E-state index contributed by atoms with van der Waals surface area (Å²) in [7, 11) is 0. The Hall–Kier alpha value is -3.26. The first-order valence-electron chi connectivity index (χ1n) is 13.8. The minimum Gasteiger partial charge on any atom is -0.508 e. The zero-order valence-corrected chi connectivity index (χ0v) is 23.0. The second-order valence-electron chi connectivity index (χ2n) is 11.4. The van der Waals surface area contributed by atoms with E-state index in [4.69, 9.17) is 18.9 Å². The fourth-order valence-corrected chi connectivity index (χ4v) is 6.45. The van der Waals surface area contributed by atoms with Crippen LogP contribution in [0.25, 0.3) is 0 Å². The highest BCUT2D eigenvalue weighted by Crippen LogP contribution is 2.53. The lowest BCUT2D eigenvalue weighted by Crippen LogP contribution is -2.59. The molecule has 0 amide bonds. The largest absolute Gasteiger partial charge is 0.508 e. The van der Waals surface area contributed by atoms with Crippen molar-refractivity contribution in [1.29, 1.82) is 0 Å². The Morgan fingerprint density at radius 3 is 2.43 bits per heavy atom. The van der Waals surface area contributed by atoms with Crippen LogP contribution in [0.3, 0.4) is 0 Å². The summed E-state index contributed by atoms with van der Waals surface area (Å²) in [5.41, 5.74) is 2.12. The van der Waals surface area contributed by atoms with Crippen LogP contribution in [0.4, 0.5) is 0 Å². The van der Waals surface area contributed by atoms with Crippen LogP contribution in [-0.4, -0.2) is 98.2 Å². The highest BCUT2D eigenvalue weighted by Gasteiger charge is 2.56. The normalized spacial score (nSPS) is 37.0. The highest BCUT2D eigenvalue weighted by atomic mass is 16.7. The van der Waals surface area contributed by atoms with E-state index in [1.165, 1.54) is 12.1 Å². The van der Waals surface area contributed by atoms with Gasteiger partial charge in [0.1, 0.15) is 42.4 Å². The van der Waals surface area contributed by atoms with Gasteiger partial charge in [0, 0.05) is 30.8 Å². The number of phenolic OH excluding ortho intramolecular Hbond substituents is 1. The molecule has 1 aromatic rings. The number of rotatable bonds is 7. The van der Waals surface area contributed by atoms with Crippen molar-refractivity contribution < 1.29 is 59.2 Å². The third kappa shape index (κ3) is 5.46. The van der Waals surface area contributed by atoms with Crippen molar-refractivity contribution >= 4 is 11.9 Å². The van der Waals surface area contributed by atoms with Gasteiger partial charge in [-0.1, -0.05) is 30.9 Å². The predicted molar refractivity (Wildman–Crippen MR) is 143 cm³/mol. The van der Waals surface area contributed by atoms with Gasteiger partial charge in [-0.15, -0.1) is 0 Å². The number of fused-ring (bicyclic) bond motifs is 3. The Balaban J connectivity index is 1.35. The van der Waals surface area contributed by atoms with E-state index in [0.29, 0.717) is 22.5 Å². The van der Waals surface area contributed by atoms with Gasteiger partial charge in [-0.3, -0.25) is 0 Å². The molecule has 42 heavy (non-hydrogen) atoms. The standard InChI is InChI=1S/C30H36O12/c1-12-8-20(39-29(38)18(33)9-15-4-6-16(32)7-5-15)23-14(3)28(37)42-27(23)22-13(2)19(10-17(12)22)40-30-26(36)25(35)24(34)21(11-31)41-30/h4-7,17-18,20-27,30-36H,1,3,8-11H2,2H3/t17-,18?,20+,21+,22-,23+,24+,25-,26+,27+,30+/m0/s1. The SMILES string of the molecule is C=C1C(=O)O[C@@H]2[C@H]3C(C)=C(O[C@@H]4O[C@H](CO)[C@@H](O)[C@H](O)[C@H]4O)C[C@H]3C(=C)C[C@@H](OC(=O)C(O)Cc3ccc(O)cc3)[C@@H]12. The summed E-state index contributed by atoms with van der Waals surface area (Å²) < 4.78 is 23.0. The minimum atomic E-state index is -1.60. The summed E-state index contributed by atoms with van der Waals surface area (Å²) in [4.78, 5) is 25.7. The van der Waals surface area contributed by atoms with E-state index in [0.717, 1.165) is 0 Å². The van der Waals surface area contributed by atoms with Crippen LogP contribution in [0.5, 0.6) is 5.75 Å². The number of esters is 2. The first kappa shape index (κ1) is 30.2. The van der Waals surface area contributed by atoms with Gasteiger partial charge in [-0.05, 0) is 36.1 Å². The molecule has 2 saturated heterocycles. The lowest BCUT2D eigenvalue weighted by Gasteiger charge is -2.40. The molecule has 12 heteroatoms. The van der Waals surface area contributed by atoms with Crippen LogP contribution < -0.4 is 0 Å². The number of carbonyl (C=O) groups excluding carboxylic acids is 2. The predicted octanol–water partition coefficient (Wildman–Crippen LogP) is -0.00830. The molecular weight excluding hydrogens is 552 g/mol. The smallest absolute Gasteiger partial charge is 0.335 e. The molecule has 1 aromatic carbocycles. The van der Waals surface area contributed by atoms with Crippen molar-refractivity contribution in [1.82, 2.24) is 0 Å². The number of aliphatic hydroxyl groups excluding tert-OH is 5. The third-order valence-corrected chi connectivity index (χ3v) is 8.79. The maximum atomic E-state index is 13.0. The number of hydrogen-bond donors (Lipinski definition) is 6. The quantitative estimate of drug-likeness (QED) is 0.142. The average Bonchev–Trinajstić information content (AvgIpc) is 3.40. The number of hydrogen-bond acceptors (Lipinski definition) is 12. The highest BCUT2D eigenvalue weighted by molar-refractivity contribution is 5.91. The second-order valence-corrected chi connectivity index (χ2v) is 11.4. The van der Waals surface area contributed by atoms with E-state index in [-0.39, 0.29) is 36.5 Å². The molecule has 1 saturated carbocycles. The zero-order chi connectivity index (χ0) is 30.5. The van der Waals surface area contributed by atoms with E-state index in [2.05, 4.69) is 13.2 Å². The number of allylic oxidation sites excluding steroid dienone is 1. The van der Waals surface area contributed by atoms with Gasteiger partial charge in [0.05, 0.1) is 18.3 Å². The van der Waals surface area contributed by atoms with Crippen molar-refractivity contribution in [2.24, 2.45) is 17.8 Å². The first-order valence-corrected chi connectivity index (χ1v) is 13.8. The maximum absolute atomic E-state index is 13.0. The summed E-state index contributed by atoms with van der Waals surface area (Å²) in [6.45, 7) is 9.30. The fourth-order valence-electron chi connectivity index (χ4n) is 6.45. The molecule has 12 nitrogen and oxygen atoms in total. The molecule has 0 radical (unpaired) electrons. The molecule has 11 atom stereocenters. The van der Waals surface area contributed by atoms with Crippen molar-refractivity contribution in [3.05, 3.63) is 65.5 Å². The Morgan fingerprint density at radius 2 is 1.76 bits per heavy atom. The van der Waals surface area contributed by atoms with E-state index in [1.807, 2.05) is 0 Å². The molecule has 6 N–H and O–H groups in total. The van der Waals surface area contributed by atoms with Crippen molar-refractivity contribution in [3.63, 3.8) is 0 Å². The molecule has 5 rings (SSSR count). The van der Waals surface area contributed by atoms with Gasteiger partial charge in [-0.2, -0.15) is 0 Å². The van der Waals surface area contributed by atoms with E-state index in [1.54, 1.807) is 19.1 Å². The van der Waals surface area contributed by atoms with Crippen LogP contribution in [-0.2, 0) is 35.0 Å². The molecule has 0 bridgehead atoms. The van der Waals surface area contributed by atoms with Gasteiger partial charge < -0.3 is 49.6 Å². The molecule has 0 spiro atoms. The molecule has 228 valence electrons. The summed E-state index contributed by atoms with van der Waals surface area (Å²) in [6, 6.07) is 6.06. The monoisotopic (exact) mass is 588 g/mol. The molecular formula is C30H36O12. The number of aromatic hydroxyl groups is 1. The Labute approximate surface area is 242 Å². The Kier molecular flexibility index (Phi) is 8.48. The molecule has 4 aliphatic rings. The van der Waals surface area contributed by atoms with Gasteiger partial charge >= 0.3 is 11.9 Å². The Morgan fingerprint density at radius 1 is 1.07 bits per heavy atom. The maximum Gasteiger partial charge on any atom is 0.335 e. The third-order valence-electron chi connectivity index (χ3n) is 8.79. The molecule has 0 aromatic heterocycles. The summed E-state index contributed by atoms with van der Waals surface area (Å²) in [5.74, 6) is -2.49. The van der Waals surface area contributed by atoms with Crippen molar-refractivity contribution in [2.75, 3.05) is 6.61 Å². The summed E-state index contributed by atoms with van der Waals surface area (Å²) >= 11 is 0. The van der Waals surface area contributed by atoms with E-state index in [9.17, 15) is 40.2 Å². The molecule has 2 aliphatic carbocycles. The van der Waals surface area contributed by atoms with E-state index >= 15 is 0 Å². The summed E-state index contributed by atoms with van der Waals surface area (Å²) in [6.07, 6.45) is -9.98. The van der Waals surface area contributed by atoms with Crippen molar-refractivity contribution in [2.45, 2.75) is 75.2 Å². The van der Waals surface area contributed by atoms with E-state index < -0.39 is 79.4 Å². The lowest BCUT2D eigenvalue weighted by atomic mass is 9.80. The number of carbonyl (C=O) groups is 2. The van der Waals surface area contributed by atoms with Crippen LogP contribution in [0.15, 0.2) is 59.9 Å².